The van der Waals surface area contributed by atoms with Crippen molar-refractivity contribution in [2.75, 3.05) is 0 Å². The molecular weight excluding hydrogens is 359 g/mol. The Hall–Kier alpha value is -1.97. The predicted molar refractivity (Wildman–Crippen MR) is 99.9 cm³/mol. The van der Waals surface area contributed by atoms with E-state index in [-0.39, 0.29) is 5.63 Å². The fraction of sp³-hybridized carbons (Fsp3) is 0.250. The molecule has 0 aliphatic heterocycles. The molecule has 0 bridgehead atoms. The molecule has 1 aromatic heterocycles. The summed E-state index contributed by atoms with van der Waals surface area (Å²) in [6.07, 6.45) is 3.77. The Labute approximate surface area is 155 Å². The highest BCUT2D eigenvalue weighted by atomic mass is 35.5. The third-order valence-corrected chi connectivity index (χ3v) is 5.09. The van der Waals surface area contributed by atoms with E-state index in [1.807, 2.05) is 30.3 Å². The Kier molecular flexibility index (Phi) is 4.45. The molecule has 0 atom stereocenters. The lowest BCUT2D eigenvalue weighted by molar-refractivity contribution is 0.306. The average Bonchev–Trinajstić information content (AvgIpc) is 2.61. The van der Waals surface area contributed by atoms with Crippen LogP contribution in [0.4, 0.5) is 0 Å². The summed E-state index contributed by atoms with van der Waals surface area (Å²) in [6.45, 7) is 0.334. The topological polar surface area (TPSA) is 39.4 Å². The fourth-order valence-corrected chi connectivity index (χ4v) is 3.77. The summed E-state index contributed by atoms with van der Waals surface area (Å²) >= 11 is 12.4. The fourth-order valence-electron chi connectivity index (χ4n) is 3.34. The van der Waals surface area contributed by atoms with E-state index in [4.69, 9.17) is 32.4 Å². The van der Waals surface area contributed by atoms with E-state index in [0.29, 0.717) is 28.0 Å². The van der Waals surface area contributed by atoms with E-state index in [1.165, 1.54) is 0 Å². The van der Waals surface area contributed by atoms with Crippen LogP contribution in [0.5, 0.6) is 5.75 Å². The minimum atomic E-state index is -0.245. The third-order valence-electron chi connectivity index (χ3n) is 4.56. The van der Waals surface area contributed by atoms with Crippen molar-refractivity contribution in [2.45, 2.75) is 32.3 Å². The van der Waals surface area contributed by atoms with E-state index in [0.717, 1.165) is 47.8 Å². The van der Waals surface area contributed by atoms with Crippen molar-refractivity contribution in [1.29, 1.82) is 0 Å². The molecule has 2 aromatic carbocycles. The van der Waals surface area contributed by atoms with Crippen LogP contribution in [0, 0.1) is 0 Å². The standard InChI is InChI=1S/C20H16Cl2O3/c21-13-5-3-4-12(8-13)11-24-19-10-18-16(9-17(19)22)14-6-1-2-7-15(14)20(23)25-18/h3-5,8-10H,1-2,6-7,11H2. The lowest BCUT2D eigenvalue weighted by atomic mass is 9.91. The SMILES string of the molecule is O=c1oc2cc(OCc3cccc(Cl)c3)c(Cl)cc2c2c1CCCC2. The van der Waals surface area contributed by atoms with Gasteiger partial charge in [0.1, 0.15) is 17.9 Å². The van der Waals surface area contributed by atoms with Crippen molar-refractivity contribution >= 4 is 34.2 Å². The molecule has 0 radical (unpaired) electrons. The number of halogens is 2. The minimum Gasteiger partial charge on any atom is -0.487 e. The Balaban J connectivity index is 1.71. The number of hydrogen-bond acceptors (Lipinski definition) is 3. The molecule has 0 N–H and O–H groups in total. The number of rotatable bonds is 3. The summed E-state index contributed by atoms with van der Waals surface area (Å²) in [5.41, 5.74) is 3.08. The Bertz CT molecular complexity index is 1010. The van der Waals surface area contributed by atoms with E-state index < -0.39 is 0 Å². The summed E-state index contributed by atoms with van der Waals surface area (Å²) in [6, 6.07) is 11.0. The zero-order valence-corrected chi connectivity index (χ0v) is 15.0. The zero-order chi connectivity index (χ0) is 17.4. The first-order valence-corrected chi connectivity index (χ1v) is 9.03. The lowest BCUT2D eigenvalue weighted by Gasteiger charge is -2.17. The van der Waals surface area contributed by atoms with E-state index in [2.05, 4.69) is 0 Å². The summed E-state index contributed by atoms with van der Waals surface area (Å²) in [5.74, 6) is 0.494. The van der Waals surface area contributed by atoms with Gasteiger partial charge in [0.2, 0.25) is 0 Å². The van der Waals surface area contributed by atoms with Gasteiger partial charge in [-0.05, 0) is 55.0 Å². The van der Waals surface area contributed by atoms with Gasteiger partial charge in [0.15, 0.2) is 0 Å². The number of ether oxygens (including phenoxy) is 1. The van der Waals surface area contributed by atoms with E-state index in [9.17, 15) is 4.79 Å². The first-order valence-electron chi connectivity index (χ1n) is 8.27. The number of benzene rings is 2. The third kappa shape index (κ3) is 3.26. The number of fused-ring (bicyclic) bond motifs is 3. The highest BCUT2D eigenvalue weighted by molar-refractivity contribution is 6.32. The maximum atomic E-state index is 12.2. The predicted octanol–water partition coefficient (Wildman–Crippen LogP) is 5.56. The van der Waals surface area contributed by atoms with Crippen LogP contribution in [0.3, 0.4) is 0 Å². The highest BCUT2D eigenvalue weighted by Gasteiger charge is 2.19. The molecule has 1 heterocycles. The molecule has 25 heavy (non-hydrogen) atoms. The van der Waals surface area contributed by atoms with Crippen LogP contribution in [-0.2, 0) is 19.4 Å². The highest BCUT2D eigenvalue weighted by Crippen LogP contribution is 2.34. The molecule has 0 saturated heterocycles. The van der Waals surface area contributed by atoms with E-state index >= 15 is 0 Å². The van der Waals surface area contributed by atoms with Crippen LogP contribution in [0.1, 0.15) is 29.5 Å². The molecule has 128 valence electrons. The van der Waals surface area contributed by atoms with E-state index in [1.54, 1.807) is 6.07 Å². The molecule has 0 unspecified atom stereocenters. The molecule has 5 heteroatoms. The molecule has 3 nitrogen and oxygen atoms in total. The molecule has 3 aromatic rings. The molecule has 0 fully saturated rings. The Morgan fingerprint density at radius 3 is 2.64 bits per heavy atom. The first kappa shape index (κ1) is 16.5. The number of hydrogen-bond donors (Lipinski definition) is 0. The smallest absolute Gasteiger partial charge is 0.339 e. The molecule has 4 rings (SSSR count). The van der Waals surface area contributed by atoms with Gasteiger partial charge < -0.3 is 9.15 Å². The molecule has 1 aliphatic carbocycles. The molecular formula is C20H16Cl2O3. The maximum absolute atomic E-state index is 12.2. The van der Waals surface area contributed by atoms with Gasteiger partial charge in [0.25, 0.3) is 0 Å². The Morgan fingerprint density at radius 1 is 1.04 bits per heavy atom. The van der Waals surface area contributed by atoms with Gasteiger partial charge in [0.05, 0.1) is 5.02 Å². The van der Waals surface area contributed by atoms with Crippen LogP contribution in [0.15, 0.2) is 45.6 Å². The van der Waals surface area contributed by atoms with Gasteiger partial charge in [-0.25, -0.2) is 4.79 Å². The Morgan fingerprint density at radius 2 is 1.84 bits per heavy atom. The maximum Gasteiger partial charge on any atom is 0.339 e. The minimum absolute atomic E-state index is 0.245. The van der Waals surface area contributed by atoms with Crippen molar-refractivity contribution < 1.29 is 9.15 Å². The first-order chi connectivity index (χ1) is 12.1. The van der Waals surface area contributed by atoms with Crippen LogP contribution < -0.4 is 10.4 Å². The second-order valence-corrected chi connectivity index (χ2v) is 7.09. The van der Waals surface area contributed by atoms with Gasteiger partial charge >= 0.3 is 5.63 Å². The molecule has 1 aliphatic rings. The summed E-state index contributed by atoms with van der Waals surface area (Å²) < 4.78 is 11.3. The normalized spacial score (nSPS) is 13.7. The summed E-state index contributed by atoms with van der Waals surface area (Å²) in [7, 11) is 0. The van der Waals surface area contributed by atoms with Gasteiger partial charge in [-0.15, -0.1) is 0 Å². The van der Waals surface area contributed by atoms with Crippen molar-refractivity contribution in [1.82, 2.24) is 0 Å². The van der Waals surface area contributed by atoms with Crippen LogP contribution in [-0.4, -0.2) is 0 Å². The lowest BCUT2D eigenvalue weighted by Crippen LogP contribution is -2.15. The van der Waals surface area contributed by atoms with Crippen molar-refractivity contribution in [3.8, 4) is 5.75 Å². The van der Waals surface area contributed by atoms with Crippen LogP contribution >= 0.6 is 23.2 Å². The van der Waals surface area contributed by atoms with Crippen molar-refractivity contribution in [3.05, 3.63) is 73.6 Å². The average molecular weight is 375 g/mol. The summed E-state index contributed by atoms with van der Waals surface area (Å²) in [5, 5.41) is 2.08. The van der Waals surface area contributed by atoms with Gasteiger partial charge in [-0.1, -0.05) is 35.3 Å². The van der Waals surface area contributed by atoms with Gasteiger partial charge in [-0.2, -0.15) is 0 Å². The molecule has 0 spiro atoms. The quantitative estimate of drug-likeness (QED) is 0.563. The van der Waals surface area contributed by atoms with Crippen LogP contribution in [0.2, 0.25) is 10.0 Å². The van der Waals surface area contributed by atoms with Crippen molar-refractivity contribution in [3.63, 3.8) is 0 Å². The molecule has 0 saturated carbocycles. The van der Waals surface area contributed by atoms with Gasteiger partial charge in [-0.3, -0.25) is 0 Å². The monoisotopic (exact) mass is 374 g/mol. The summed E-state index contributed by atoms with van der Waals surface area (Å²) in [4.78, 5) is 12.2. The molecule has 0 amide bonds. The van der Waals surface area contributed by atoms with Gasteiger partial charge in [0, 0.05) is 22.0 Å². The second-order valence-electron chi connectivity index (χ2n) is 6.25. The second kappa shape index (κ2) is 6.74. The zero-order valence-electron chi connectivity index (χ0n) is 13.5. The largest absolute Gasteiger partial charge is 0.487 e. The number of aryl methyl sites for hydroxylation is 1. The van der Waals surface area contributed by atoms with Crippen molar-refractivity contribution in [2.24, 2.45) is 0 Å². The van der Waals surface area contributed by atoms with Crippen LogP contribution in [0.25, 0.3) is 11.0 Å².